The zero-order chi connectivity index (χ0) is 12.2. The number of hydrogen-bond acceptors (Lipinski definition) is 2. The summed E-state index contributed by atoms with van der Waals surface area (Å²) in [6, 6.07) is 0.508. The SMILES string of the molecule is CCC(C)C(C)NCC1(O)CCC(C)CC1. The van der Waals surface area contributed by atoms with Crippen LogP contribution in [0, 0.1) is 11.8 Å². The van der Waals surface area contributed by atoms with Crippen LogP contribution in [-0.2, 0) is 0 Å². The van der Waals surface area contributed by atoms with Crippen molar-refractivity contribution in [1.29, 1.82) is 0 Å². The first-order valence-corrected chi connectivity index (χ1v) is 6.92. The lowest BCUT2D eigenvalue weighted by atomic mass is 9.79. The molecule has 1 aliphatic carbocycles. The third kappa shape index (κ3) is 4.06. The van der Waals surface area contributed by atoms with E-state index in [0.717, 1.165) is 25.3 Å². The number of nitrogens with one attached hydrogen (secondary N) is 1. The summed E-state index contributed by atoms with van der Waals surface area (Å²) in [6.07, 6.45) is 5.48. The minimum Gasteiger partial charge on any atom is -0.389 e. The van der Waals surface area contributed by atoms with Crippen molar-refractivity contribution in [3.63, 3.8) is 0 Å². The van der Waals surface area contributed by atoms with Crippen LogP contribution in [0.1, 0.15) is 59.8 Å². The van der Waals surface area contributed by atoms with Gasteiger partial charge < -0.3 is 10.4 Å². The Labute approximate surface area is 101 Å². The van der Waals surface area contributed by atoms with Crippen molar-refractivity contribution in [3.05, 3.63) is 0 Å². The average Bonchev–Trinajstić information content (AvgIpc) is 2.29. The molecule has 0 radical (unpaired) electrons. The van der Waals surface area contributed by atoms with Crippen molar-refractivity contribution in [3.8, 4) is 0 Å². The van der Waals surface area contributed by atoms with Gasteiger partial charge in [0.05, 0.1) is 5.60 Å². The third-order valence-electron chi connectivity index (χ3n) is 4.46. The molecule has 0 saturated heterocycles. The lowest BCUT2D eigenvalue weighted by Crippen LogP contribution is -2.47. The largest absolute Gasteiger partial charge is 0.389 e. The molecule has 0 aromatic rings. The van der Waals surface area contributed by atoms with E-state index in [4.69, 9.17) is 0 Å². The van der Waals surface area contributed by atoms with Gasteiger partial charge in [-0.05, 0) is 44.4 Å². The third-order valence-corrected chi connectivity index (χ3v) is 4.46. The Morgan fingerprint density at radius 1 is 1.31 bits per heavy atom. The molecule has 1 rings (SSSR count). The molecule has 1 saturated carbocycles. The van der Waals surface area contributed by atoms with Gasteiger partial charge in [0.25, 0.3) is 0 Å². The second-order valence-corrected chi connectivity index (χ2v) is 5.96. The van der Waals surface area contributed by atoms with Gasteiger partial charge in [-0.15, -0.1) is 0 Å². The van der Waals surface area contributed by atoms with E-state index in [1.165, 1.54) is 19.3 Å². The van der Waals surface area contributed by atoms with E-state index in [-0.39, 0.29) is 0 Å². The monoisotopic (exact) mass is 227 g/mol. The van der Waals surface area contributed by atoms with Crippen molar-refractivity contribution >= 4 is 0 Å². The highest BCUT2D eigenvalue weighted by Gasteiger charge is 2.31. The Morgan fingerprint density at radius 2 is 1.88 bits per heavy atom. The van der Waals surface area contributed by atoms with Gasteiger partial charge in [0.1, 0.15) is 0 Å². The fourth-order valence-electron chi connectivity index (χ4n) is 2.38. The molecule has 1 fully saturated rings. The van der Waals surface area contributed by atoms with Gasteiger partial charge in [0, 0.05) is 12.6 Å². The van der Waals surface area contributed by atoms with Crippen LogP contribution in [0.4, 0.5) is 0 Å². The molecule has 0 aromatic heterocycles. The molecular formula is C14H29NO. The van der Waals surface area contributed by atoms with E-state index in [2.05, 4.69) is 33.0 Å². The van der Waals surface area contributed by atoms with E-state index in [9.17, 15) is 5.11 Å². The van der Waals surface area contributed by atoms with Crippen LogP contribution < -0.4 is 5.32 Å². The quantitative estimate of drug-likeness (QED) is 0.757. The van der Waals surface area contributed by atoms with Crippen LogP contribution in [0.15, 0.2) is 0 Å². The average molecular weight is 227 g/mol. The maximum Gasteiger partial charge on any atom is 0.0771 e. The zero-order valence-electron chi connectivity index (χ0n) is 11.4. The summed E-state index contributed by atoms with van der Waals surface area (Å²) in [4.78, 5) is 0. The standard InChI is InChI=1S/C14H29NO/c1-5-12(3)13(4)15-10-14(16)8-6-11(2)7-9-14/h11-13,15-16H,5-10H2,1-4H3. The molecule has 0 bridgehead atoms. The molecule has 2 N–H and O–H groups in total. The maximum atomic E-state index is 10.4. The highest BCUT2D eigenvalue weighted by atomic mass is 16.3. The molecule has 2 unspecified atom stereocenters. The highest BCUT2D eigenvalue weighted by molar-refractivity contribution is 4.87. The molecule has 16 heavy (non-hydrogen) atoms. The smallest absolute Gasteiger partial charge is 0.0771 e. The molecule has 0 heterocycles. The Hall–Kier alpha value is -0.0800. The van der Waals surface area contributed by atoms with Gasteiger partial charge in [-0.3, -0.25) is 0 Å². The van der Waals surface area contributed by atoms with E-state index in [1.54, 1.807) is 0 Å². The summed E-state index contributed by atoms with van der Waals surface area (Å²) in [7, 11) is 0. The minimum absolute atomic E-state index is 0.436. The topological polar surface area (TPSA) is 32.3 Å². The molecule has 0 aliphatic heterocycles. The van der Waals surface area contributed by atoms with E-state index in [1.807, 2.05) is 0 Å². The number of rotatable bonds is 5. The van der Waals surface area contributed by atoms with Crippen molar-refractivity contribution in [2.45, 2.75) is 71.4 Å². The van der Waals surface area contributed by atoms with Gasteiger partial charge in [0.15, 0.2) is 0 Å². The van der Waals surface area contributed by atoms with E-state index < -0.39 is 5.60 Å². The molecule has 96 valence electrons. The molecular weight excluding hydrogens is 198 g/mol. The second kappa shape index (κ2) is 6.02. The van der Waals surface area contributed by atoms with Crippen LogP contribution in [-0.4, -0.2) is 23.3 Å². The Balaban J connectivity index is 2.31. The molecule has 2 atom stereocenters. The van der Waals surface area contributed by atoms with Crippen LogP contribution >= 0.6 is 0 Å². The number of hydrogen-bond donors (Lipinski definition) is 2. The Bertz CT molecular complexity index is 197. The van der Waals surface area contributed by atoms with Gasteiger partial charge >= 0.3 is 0 Å². The first-order valence-electron chi connectivity index (χ1n) is 6.92. The molecule has 1 aliphatic rings. The summed E-state index contributed by atoms with van der Waals surface area (Å²) in [6.45, 7) is 9.77. The van der Waals surface area contributed by atoms with Crippen LogP contribution in [0.3, 0.4) is 0 Å². The van der Waals surface area contributed by atoms with Crippen LogP contribution in [0.25, 0.3) is 0 Å². The predicted molar refractivity (Wildman–Crippen MR) is 69.5 cm³/mol. The minimum atomic E-state index is -0.436. The first kappa shape index (κ1) is 14.0. The van der Waals surface area contributed by atoms with Gasteiger partial charge in [0.2, 0.25) is 0 Å². The van der Waals surface area contributed by atoms with Crippen LogP contribution in [0.2, 0.25) is 0 Å². The van der Waals surface area contributed by atoms with Crippen molar-refractivity contribution in [2.75, 3.05) is 6.54 Å². The maximum absolute atomic E-state index is 10.4. The Morgan fingerprint density at radius 3 is 2.38 bits per heavy atom. The first-order chi connectivity index (χ1) is 7.47. The zero-order valence-corrected chi connectivity index (χ0v) is 11.4. The Kier molecular flexibility index (Phi) is 5.26. The summed E-state index contributed by atoms with van der Waals surface area (Å²) in [5.41, 5.74) is -0.436. The fourth-order valence-corrected chi connectivity index (χ4v) is 2.38. The summed E-state index contributed by atoms with van der Waals surface area (Å²) < 4.78 is 0. The highest BCUT2D eigenvalue weighted by Crippen LogP contribution is 2.31. The van der Waals surface area contributed by atoms with Crippen molar-refractivity contribution < 1.29 is 5.11 Å². The molecule has 2 heteroatoms. The van der Waals surface area contributed by atoms with Gasteiger partial charge in [-0.25, -0.2) is 0 Å². The summed E-state index contributed by atoms with van der Waals surface area (Å²) >= 11 is 0. The molecule has 0 amide bonds. The molecule has 2 nitrogen and oxygen atoms in total. The lowest BCUT2D eigenvalue weighted by molar-refractivity contribution is -0.00896. The fraction of sp³-hybridized carbons (Fsp3) is 1.00. The summed E-state index contributed by atoms with van der Waals surface area (Å²) in [5, 5.41) is 13.9. The second-order valence-electron chi connectivity index (χ2n) is 5.96. The molecule has 0 spiro atoms. The van der Waals surface area contributed by atoms with Crippen LogP contribution in [0.5, 0.6) is 0 Å². The van der Waals surface area contributed by atoms with E-state index >= 15 is 0 Å². The van der Waals surface area contributed by atoms with Crippen molar-refractivity contribution in [2.24, 2.45) is 11.8 Å². The molecule has 0 aromatic carbocycles. The van der Waals surface area contributed by atoms with E-state index in [0.29, 0.717) is 12.0 Å². The number of aliphatic hydroxyl groups is 1. The summed E-state index contributed by atoms with van der Waals surface area (Å²) in [5.74, 6) is 1.48. The lowest BCUT2D eigenvalue weighted by Gasteiger charge is -2.36. The van der Waals surface area contributed by atoms with Gasteiger partial charge in [-0.2, -0.15) is 0 Å². The predicted octanol–water partition coefficient (Wildman–Crippen LogP) is 2.95. The van der Waals surface area contributed by atoms with Crippen molar-refractivity contribution in [1.82, 2.24) is 5.32 Å². The van der Waals surface area contributed by atoms with Gasteiger partial charge in [-0.1, -0.05) is 27.2 Å². The normalized spacial score (nSPS) is 34.7.